The van der Waals surface area contributed by atoms with Crippen LogP contribution in [-0.2, 0) is 4.79 Å². The van der Waals surface area contributed by atoms with Gasteiger partial charge in [0.15, 0.2) is 0 Å². The van der Waals surface area contributed by atoms with Gasteiger partial charge in [0, 0.05) is 6.42 Å². The smallest absolute Gasteiger partial charge is 0.220 e. The van der Waals surface area contributed by atoms with Crippen molar-refractivity contribution in [3.8, 4) is 0 Å². The van der Waals surface area contributed by atoms with Crippen LogP contribution in [0.2, 0.25) is 0 Å². The quantitative estimate of drug-likeness (QED) is 0.0645. The summed E-state index contributed by atoms with van der Waals surface area (Å²) in [5.74, 6) is -0.0461. The predicted octanol–water partition coefficient (Wildman–Crippen LogP) is 9.51. The molecule has 2 unspecified atom stereocenters. The van der Waals surface area contributed by atoms with Gasteiger partial charge in [0.2, 0.25) is 5.91 Å². The standard InChI is InChI=1S/C35H65NO3/c1-3-5-7-9-11-13-15-16-17-18-19-20-21-23-25-27-29-31-35(39)36-33(32-37)34(38)30-28-26-24-22-14-12-10-8-6-4-2/h5,7,11,13,16-17,33-34,37-38H,3-4,6,8-10,12,14-15,18-32H2,1-2H3,(H,36,39)/b7-5-,13-11-,17-16-. The first kappa shape index (κ1) is 37.6. The molecule has 0 radical (unpaired) electrons. The molecular weight excluding hydrogens is 482 g/mol. The molecule has 3 N–H and O–H groups in total. The van der Waals surface area contributed by atoms with Gasteiger partial charge in [-0.3, -0.25) is 4.79 Å². The van der Waals surface area contributed by atoms with Crippen LogP contribution in [-0.4, -0.2) is 34.9 Å². The van der Waals surface area contributed by atoms with Crippen molar-refractivity contribution < 1.29 is 15.0 Å². The SMILES string of the molecule is CC/C=C\C/C=C\C/C=C\CCCCCCCCCC(=O)NC(CO)C(O)CCCCCCCCCCCC. The maximum atomic E-state index is 12.3. The second-order valence-corrected chi connectivity index (χ2v) is 11.2. The number of allylic oxidation sites excluding steroid dienone is 6. The molecular formula is C35H65NO3. The van der Waals surface area contributed by atoms with E-state index in [9.17, 15) is 15.0 Å². The number of carbonyl (C=O) groups excluding carboxylic acids is 1. The lowest BCUT2D eigenvalue weighted by atomic mass is 10.0. The number of carbonyl (C=O) groups is 1. The van der Waals surface area contributed by atoms with Gasteiger partial charge >= 0.3 is 0 Å². The lowest BCUT2D eigenvalue weighted by Crippen LogP contribution is -2.45. The van der Waals surface area contributed by atoms with Crippen LogP contribution in [0.5, 0.6) is 0 Å². The zero-order valence-electron chi connectivity index (χ0n) is 25.9. The Balaban J connectivity index is 3.61. The van der Waals surface area contributed by atoms with E-state index in [-0.39, 0.29) is 12.5 Å². The van der Waals surface area contributed by atoms with Crippen LogP contribution >= 0.6 is 0 Å². The molecule has 39 heavy (non-hydrogen) atoms. The highest BCUT2D eigenvalue weighted by Gasteiger charge is 2.19. The zero-order valence-corrected chi connectivity index (χ0v) is 25.9. The highest BCUT2D eigenvalue weighted by Crippen LogP contribution is 2.14. The minimum atomic E-state index is -0.660. The van der Waals surface area contributed by atoms with Crippen LogP contribution in [0.15, 0.2) is 36.5 Å². The molecule has 0 saturated carbocycles. The minimum absolute atomic E-state index is 0.0461. The summed E-state index contributed by atoms with van der Waals surface area (Å²) in [5, 5.41) is 22.9. The third-order valence-corrected chi connectivity index (χ3v) is 7.42. The van der Waals surface area contributed by atoms with Crippen molar-refractivity contribution in [1.29, 1.82) is 0 Å². The molecule has 0 aromatic heterocycles. The van der Waals surface area contributed by atoms with Gasteiger partial charge in [-0.15, -0.1) is 0 Å². The normalized spacial score (nSPS) is 13.6. The third kappa shape index (κ3) is 28.0. The highest BCUT2D eigenvalue weighted by molar-refractivity contribution is 5.76. The van der Waals surface area contributed by atoms with Gasteiger partial charge in [0.25, 0.3) is 0 Å². The number of hydrogen-bond donors (Lipinski definition) is 3. The molecule has 0 heterocycles. The van der Waals surface area contributed by atoms with Crippen molar-refractivity contribution in [2.45, 2.75) is 174 Å². The molecule has 0 saturated heterocycles. The average molecular weight is 548 g/mol. The van der Waals surface area contributed by atoms with E-state index in [2.05, 4.69) is 55.6 Å². The number of amides is 1. The monoisotopic (exact) mass is 547 g/mol. The summed E-state index contributed by atoms with van der Waals surface area (Å²) in [6, 6.07) is -0.538. The Morgan fingerprint density at radius 1 is 0.641 bits per heavy atom. The number of nitrogens with one attached hydrogen (secondary N) is 1. The Bertz CT molecular complexity index is 599. The fraction of sp³-hybridized carbons (Fsp3) is 0.800. The van der Waals surface area contributed by atoms with Crippen molar-refractivity contribution in [3.05, 3.63) is 36.5 Å². The number of rotatable bonds is 29. The first-order chi connectivity index (χ1) is 19.2. The lowest BCUT2D eigenvalue weighted by Gasteiger charge is -2.22. The second-order valence-electron chi connectivity index (χ2n) is 11.2. The maximum Gasteiger partial charge on any atom is 0.220 e. The summed E-state index contributed by atoms with van der Waals surface area (Å²) in [6.07, 6.45) is 39.0. The van der Waals surface area contributed by atoms with Gasteiger partial charge in [-0.25, -0.2) is 0 Å². The Kier molecular flexibility index (Phi) is 30.0. The maximum absolute atomic E-state index is 12.3. The summed E-state index contributed by atoms with van der Waals surface area (Å²) in [6.45, 7) is 4.21. The first-order valence-corrected chi connectivity index (χ1v) is 16.7. The molecule has 0 spiro atoms. The van der Waals surface area contributed by atoms with E-state index in [1.165, 1.54) is 89.9 Å². The summed E-state index contributed by atoms with van der Waals surface area (Å²) >= 11 is 0. The molecule has 0 aliphatic carbocycles. The third-order valence-electron chi connectivity index (χ3n) is 7.42. The van der Waals surface area contributed by atoms with Crippen molar-refractivity contribution in [2.24, 2.45) is 0 Å². The lowest BCUT2D eigenvalue weighted by molar-refractivity contribution is -0.123. The molecule has 0 aromatic rings. The van der Waals surface area contributed by atoms with E-state index in [0.29, 0.717) is 12.8 Å². The summed E-state index contributed by atoms with van der Waals surface area (Å²) in [4.78, 5) is 12.3. The molecule has 0 aliphatic heterocycles. The number of unbranched alkanes of at least 4 members (excludes halogenated alkanes) is 16. The van der Waals surface area contributed by atoms with Crippen LogP contribution in [0.1, 0.15) is 162 Å². The molecule has 0 aromatic carbocycles. The molecule has 2 atom stereocenters. The van der Waals surface area contributed by atoms with Crippen molar-refractivity contribution in [3.63, 3.8) is 0 Å². The number of aliphatic hydroxyl groups is 2. The Morgan fingerprint density at radius 2 is 1.13 bits per heavy atom. The van der Waals surface area contributed by atoms with E-state index in [1.54, 1.807) is 0 Å². The van der Waals surface area contributed by atoms with Crippen LogP contribution in [0.3, 0.4) is 0 Å². The molecule has 4 heteroatoms. The molecule has 1 amide bonds. The molecule has 0 aliphatic rings. The average Bonchev–Trinajstić information content (AvgIpc) is 2.94. The van der Waals surface area contributed by atoms with Gasteiger partial charge < -0.3 is 15.5 Å². The number of hydrogen-bond acceptors (Lipinski definition) is 3. The van der Waals surface area contributed by atoms with Crippen LogP contribution in [0.25, 0.3) is 0 Å². The van der Waals surface area contributed by atoms with E-state index in [0.717, 1.165) is 44.9 Å². The Morgan fingerprint density at radius 3 is 1.69 bits per heavy atom. The molecule has 0 fully saturated rings. The largest absolute Gasteiger partial charge is 0.394 e. The Labute approximate surface area is 242 Å². The molecule has 0 bridgehead atoms. The van der Waals surface area contributed by atoms with Crippen molar-refractivity contribution in [2.75, 3.05) is 6.61 Å². The zero-order chi connectivity index (χ0) is 28.7. The van der Waals surface area contributed by atoms with E-state index >= 15 is 0 Å². The molecule has 228 valence electrons. The van der Waals surface area contributed by atoms with Crippen LogP contribution < -0.4 is 5.32 Å². The van der Waals surface area contributed by atoms with Gasteiger partial charge in [0.1, 0.15) is 0 Å². The number of aliphatic hydroxyl groups excluding tert-OH is 2. The van der Waals surface area contributed by atoms with Gasteiger partial charge in [-0.2, -0.15) is 0 Å². The second kappa shape index (κ2) is 31.1. The molecule has 0 rings (SSSR count). The van der Waals surface area contributed by atoms with Gasteiger partial charge in [-0.1, -0.05) is 147 Å². The summed E-state index contributed by atoms with van der Waals surface area (Å²) in [5.41, 5.74) is 0. The van der Waals surface area contributed by atoms with Crippen LogP contribution in [0, 0.1) is 0 Å². The fourth-order valence-electron chi connectivity index (χ4n) is 4.84. The predicted molar refractivity (Wildman–Crippen MR) is 170 cm³/mol. The van der Waals surface area contributed by atoms with Gasteiger partial charge in [0.05, 0.1) is 18.8 Å². The Hall–Kier alpha value is -1.39. The van der Waals surface area contributed by atoms with Gasteiger partial charge in [-0.05, 0) is 44.9 Å². The van der Waals surface area contributed by atoms with E-state index in [4.69, 9.17) is 0 Å². The van der Waals surface area contributed by atoms with Crippen molar-refractivity contribution >= 4 is 5.91 Å². The van der Waals surface area contributed by atoms with E-state index in [1.807, 2.05) is 0 Å². The summed E-state index contributed by atoms with van der Waals surface area (Å²) < 4.78 is 0. The van der Waals surface area contributed by atoms with Crippen molar-refractivity contribution in [1.82, 2.24) is 5.32 Å². The topological polar surface area (TPSA) is 69.6 Å². The first-order valence-electron chi connectivity index (χ1n) is 16.7. The fourth-order valence-corrected chi connectivity index (χ4v) is 4.84. The summed E-state index contributed by atoms with van der Waals surface area (Å²) in [7, 11) is 0. The highest BCUT2D eigenvalue weighted by atomic mass is 16.3. The minimum Gasteiger partial charge on any atom is -0.394 e. The van der Waals surface area contributed by atoms with Crippen LogP contribution in [0.4, 0.5) is 0 Å². The molecule has 4 nitrogen and oxygen atoms in total. The van der Waals surface area contributed by atoms with E-state index < -0.39 is 12.1 Å².